The molecule has 1 atom stereocenters. The van der Waals surface area contributed by atoms with Gasteiger partial charge >= 0.3 is 12.0 Å². The number of amides is 2. The third-order valence-electron chi connectivity index (χ3n) is 3.81. The van der Waals surface area contributed by atoms with E-state index in [9.17, 15) is 19.1 Å². The summed E-state index contributed by atoms with van der Waals surface area (Å²) in [5.41, 5.74) is -0.143. The van der Waals surface area contributed by atoms with E-state index in [0.29, 0.717) is 18.7 Å². The van der Waals surface area contributed by atoms with Crippen LogP contribution in [0.25, 0.3) is 0 Å². The number of carbonyl (C=O) groups is 2. The molecule has 1 heterocycles. The fourth-order valence-electron chi connectivity index (χ4n) is 2.79. The van der Waals surface area contributed by atoms with E-state index >= 15 is 0 Å². The van der Waals surface area contributed by atoms with Gasteiger partial charge in [0.15, 0.2) is 0 Å². The second kappa shape index (κ2) is 5.94. The number of carboxylic acid groups (broad SMARTS) is 1. The molecule has 1 fully saturated rings. The third kappa shape index (κ3) is 3.21. The predicted octanol–water partition coefficient (Wildman–Crippen LogP) is 2.56. The lowest BCUT2D eigenvalue weighted by Crippen LogP contribution is -2.50. The van der Waals surface area contributed by atoms with Crippen molar-refractivity contribution < 1.29 is 19.1 Å². The van der Waals surface area contributed by atoms with Crippen molar-refractivity contribution in [2.24, 2.45) is 5.41 Å². The average molecular weight is 308 g/mol. The van der Waals surface area contributed by atoms with Gasteiger partial charge in [-0.1, -0.05) is 39.0 Å². The molecule has 6 heteroatoms. The van der Waals surface area contributed by atoms with Gasteiger partial charge in [0, 0.05) is 18.7 Å². The quantitative estimate of drug-likeness (QED) is 0.930. The lowest BCUT2D eigenvalue weighted by atomic mass is 9.86. The highest BCUT2D eigenvalue weighted by Crippen LogP contribution is 2.28. The molecule has 1 aliphatic rings. The number of aliphatic carboxylic acids is 1. The summed E-state index contributed by atoms with van der Waals surface area (Å²) in [6.45, 7) is 6.25. The van der Waals surface area contributed by atoms with Crippen LogP contribution in [0.3, 0.4) is 0 Å². The highest BCUT2D eigenvalue weighted by Gasteiger charge is 2.43. The van der Waals surface area contributed by atoms with E-state index in [-0.39, 0.29) is 18.4 Å². The average Bonchev–Trinajstić information content (AvgIpc) is 2.73. The molecule has 0 aliphatic carbocycles. The van der Waals surface area contributed by atoms with Crippen molar-refractivity contribution in [1.29, 1.82) is 0 Å². The van der Waals surface area contributed by atoms with Gasteiger partial charge in [-0.05, 0) is 11.5 Å². The standard InChI is InChI=1S/C16H21FN2O3/c1-16(2,3)13(14(20)21)19-9-8-18(15(19)22)10-11-6-4-5-7-12(11)17/h4-7,13H,8-10H2,1-3H3,(H,20,21). The van der Waals surface area contributed by atoms with Gasteiger partial charge < -0.3 is 14.9 Å². The molecule has 0 saturated carbocycles. The van der Waals surface area contributed by atoms with Gasteiger partial charge in [-0.3, -0.25) is 0 Å². The Labute approximate surface area is 129 Å². The molecule has 1 aromatic rings. The molecular formula is C16H21FN2O3. The lowest BCUT2D eigenvalue weighted by molar-refractivity contribution is -0.145. The maximum Gasteiger partial charge on any atom is 0.327 e. The summed E-state index contributed by atoms with van der Waals surface area (Å²) in [5.74, 6) is -1.38. The van der Waals surface area contributed by atoms with Crippen LogP contribution in [0, 0.1) is 11.2 Å². The molecule has 1 saturated heterocycles. The number of urea groups is 1. The first-order valence-corrected chi connectivity index (χ1v) is 7.23. The summed E-state index contributed by atoms with van der Waals surface area (Å²) in [6, 6.07) is 5.03. The van der Waals surface area contributed by atoms with Crippen LogP contribution in [0.5, 0.6) is 0 Å². The minimum Gasteiger partial charge on any atom is -0.480 e. The van der Waals surface area contributed by atoms with Crippen LogP contribution in [0.15, 0.2) is 24.3 Å². The Hall–Kier alpha value is -2.11. The monoisotopic (exact) mass is 308 g/mol. The van der Waals surface area contributed by atoms with Gasteiger partial charge in [0.1, 0.15) is 11.9 Å². The van der Waals surface area contributed by atoms with E-state index in [1.165, 1.54) is 15.9 Å². The zero-order valence-electron chi connectivity index (χ0n) is 13.0. The van der Waals surface area contributed by atoms with Gasteiger partial charge in [0.25, 0.3) is 0 Å². The number of hydrogen-bond donors (Lipinski definition) is 1. The number of rotatable bonds is 4. The molecule has 0 radical (unpaired) electrons. The Bertz CT molecular complexity index is 583. The first kappa shape index (κ1) is 16.3. The third-order valence-corrected chi connectivity index (χ3v) is 3.81. The summed E-state index contributed by atoms with van der Waals surface area (Å²) >= 11 is 0. The molecule has 1 aliphatic heterocycles. The lowest BCUT2D eigenvalue weighted by Gasteiger charge is -2.34. The Morgan fingerprint density at radius 2 is 1.95 bits per heavy atom. The van der Waals surface area contributed by atoms with Crippen molar-refractivity contribution >= 4 is 12.0 Å². The van der Waals surface area contributed by atoms with Crippen LogP contribution < -0.4 is 0 Å². The zero-order chi connectivity index (χ0) is 16.5. The van der Waals surface area contributed by atoms with E-state index in [1.54, 1.807) is 39.0 Å². The maximum atomic E-state index is 13.7. The highest BCUT2D eigenvalue weighted by molar-refractivity contribution is 5.84. The summed E-state index contributed by atoms with van der Waals surface area (Å²) in [5, 5.41) is 9.43. The van der Waals surface area contributed by atoms with Crippen molar-refractivity contribution in [2.75, 3.05) is 13.1 Å². The second-order valence-electron chi connectivity index (χ2n) is 6.60. The Kier molecular flexibility index (Phi) is 4.39. The van der Waals surface area contributed by atoms with Gasteiger partial charge in [-0.2, -0.15) is 0 Å². The first-order valence-electron chi connectivity index (χ1n) is 7.23. The molecule has 1 unspecified atom stereocenters. The highest BCUT2D eigenvalue weighted by atomic mass is 19.1. The molecule has 0 bridgehead atoms. The van der Waals surface area contributed by atoms with Crippen molar-refractivity contribution in [3.8, 4) is 0 Å². The maximum absolute atomic E-state index is 13.7. The van der Waals surface area contributed by atoms with Crippen LogP contribution >= 0.6 is 0 Å². The molecule has 5 nitrogen and oxygen atoms in total. The van der Waals surface area contributed by atoms with Crippen molar-refractivity contribution in [2.45, 2.75) is 33.4 Å². The van der Waals surface area contributed by atoms with Crippen LogP contribution in [-0.4, -0.2) is 46.0 Å². The number of carbonyl (C=O) groups excluding carboxylic acids is 1. The van der Waals surface area contributed by atoms with Crippen LogP contribution in [0.2, 0.25) is 0 Å². The second-order valence-corrected chi connectivity index (χ2v) is 6.60. The molecule has 2 rings (SSSR count). The van der Waals surface area contributed by atoms with E-state index < -0.39 is 17.4 Å². The van der Waals surface area contributed by atoms with Gasteiger partial charge in [0.05, 0.1) is 6.54 Å². The SMILES string of the molecule is CC(C)(C)C(C(=O)O)N1CCN(Cc2ccccc2F)C1=O. The smallest absolute Gasteiger partial charge is 0.327 e. The zero-order valence-corrected chi connectivity index (χ0v) is 13.0. The van der Waals surface area contributed by atoms with Gasteiger partial charge in [-0.15, -0.1) is 0 Å². The molecule has 2 amide bonds. The van der Waals surface area contributed by atoms with Crippen molar-refractivity contribution in [1.82, 2.24) is 9.80 Å². The van der Waals surface area contributed by atoms with E-state index in [4.69, 9.17) is 0 Å². The number of benzene rings is 1. The van der Waals surface area contributed by atoms with Crippen LogP contribution in [-0.2, 0) is 11.3 Å². The molecule has 120 valence electrons. The molecule has 0 aromatic heterocycles. The molecule has 0 spiro atoms. The molecular weight excluding hydrogens is 287 g/mol. The number of halogens is 1. The first-order chi connectivity index (χ1) is 10.2. The van der Waals surface area contributed by atoms with Crippen LogP contribution in [0.1, 0.15) is 26.3 Å². The topological polar surface area (TPSA) is 60.9 Å². The Balaban J connectivity index is 2.16. The predicted molar refractivity (Wildman–Crippen MR) is 79.8 cm³/mol. The molecule has 1 aromatic carbocycles. The minimum absolute atomic E-state index is 0.151. The number of nitrogens with zero attached hydrogens (tertiary/aromatic N) is 2. The number of hydrogen-bond acceptors (Lipinski definition) is 2. The van der Waals surface area contributed by atoms with Crippen LogP contribution in [0.4, 0.5) is 9.18 Å². The molecule has 1 N–H and O–H groups in total. The summed E-state index contributed by atoms with van der Waals surface area (Å²) < 4.78 is 13.7. The minimum atomic E-state index is -1.02. The van der Waals surface area contributed by atoms with Gasteiger partial charge in [0.2, 0.25) is 0 Å². The Morgan fingerprint density at radius 1 is 1.32 bits per heavy atom. The molecule has 22 heavy (non-hydrogen) atoms. The van der Waals surface area contributed by atoms with E-state index in [1.807, 2.05) is 0 Å². The van der Waals surface area contributed by atoms with E-state index in [2.05, 4.69) is 0 Å². The van der Waals surface area contributed by atoms with Crippen molar-refractivity contribution in [3.63, 3.8) is 0 Å². The summed E-state index contributed by atoms with van der Waals surface area (Å²) in [6.07, 6.45) is 0. The van der Waals surface area contributed by atoms with E-state index in [0.717, 1.165) is 0 Å². The number of carboxylic acids is 1. The normalized spacial score (nSPS) is 17.0. The van der Waals surface area contributed by atoms with Gasteiger partial charge in [-0.25, -0.2) is 14.0 Å². The largest absolute Gasteiger partial charge is 0.480 e. The van der Waals surface area contributed by atoms with Crippen molar-refractivity contribution in [3.05, 3.63) is 35.6 Å². The Morgan fingerprint density at radius 3 is 2.50 bits per heavy atom. The summed E-state index contributed by atoms with van der Waals surface area (Å²) in [7, 11) is 0. The fourth-order valence-corrected chi connectivity index (χ4v) is 2.79. The fraction of sp³-hybridized carbons (Fsp3) is 0.500. The summed E-state index contributed by atoms with van der Waals surface area (Å²) in [4.78, 5) is 26.9.